The average Bonchev–Trinajstić information content (AvgIpc) is 2.58. The predicted molar refractivity (Wildman–Crippen MR) is 116 cm³/mol. The van der Waals surface area contributed by atoms with Crippen molar-refractivity contribution in [1.29, 1.82) is 0 Å². The van der Waals surface area contributed by atoms with Crippen molar-refractivity contribution in [2.75, 3.05) is 5.32 Å². The summed E-state index contributed by atoms with van der Waals surface area (Å²) in [6.45, 7) is 3.77. The van der Waals surface area contributed by atoms with Crippen molar-refractivity contribution in [3.63, 3.8) is 0 Å². The van der Waals surface area contributed by atoms with Gasteiger partial charge in [0.15, 0.2) is 5.11 Å². The number of rotatable bonds is 6. The molecule has 0 bridgehead atoms. The first-order valence-electron chi connectivity index (χ1n) is 8.31. The van der Waals surface area contributed by atoms with Crippen molar-refractivity contribution in [1.82, 2.24) is 5.32 Å². The number of anilines is 1. The van der Waals surface area contributed by atoms with Crippen LogP contribution in [0.25, 0.3) is 12.2 Å². The smallest absolute Gasteiger partial charge is 0.295 e. The highest BCUT2D eigenvalue weighted by Crippen LogP contribution is 2.24. The van der Waals surface area contributed by atoms with Gasteiger partial charge >= 0.3 is 0 Å². The third-order valence-corrected chi connectivity index (χ3v) is 5.67. The van der Waals surface area contributed by atoms with E-state index in [1.165, 1.54) is 42.5 Å². The molecule has 2 aromatic carbocycles. The molecular formula is C18H20N2O6S3. The van der Waals surface area contributed by atoms with Crippen LogP contribution >= 0.6 is 12.2 Å². The molecule has 11 heteroatoms. The molecule has 0 amide bonds. The summed E-state index contributed by atoms with van der Waals surface area (Å²) in [5.41, 5.74) is 0.609. The first kappa shape index (κ1) is 23.0. The monoisotopic (exact) mass is 456 g/mol. The molecule has 0 aliphatic carbocycles. The molecule has 0 spiro atoms. The van der Waals surface area contributed by atoms with Gasteiger partial charge in [0.2, 0.25) is 0 Å². The van der Waals surface area contributed by atoms with Gasteiger partial charge in [-0.1, -0.05) is 36.4 Å². The third kappa shape index (κ3) is 6.61. The highest BCUT2D eigenvalue weighted by Gasteiger charge is 2.17. The molecule has 2 rings (SSSR count). The molecular weight excluding hydrogens is 436 g/mol. The zero-order valence-electron chi connectivity index (χ0n) is 15.5. The lowest BCUT2D eigenvalue weighted by Crippen LogP contribution is -2.33. The molecule has 0 radical (unpaired) electrons. The van der Waals surface area contributed by atoms with Crippen LogP contribution in [0.4, 0.5) is 5.69 Å². The Labute approximate surface area is 175 Å². The van der Waals surface area contributed by atoms with Crippen LogP contribution in [0.2, 0.25) is 0 Å². The summed E-state index contributed by atoms with van der Waals surface area (Å²) in [5.74, 6) is 0. The van der Waals surface area contributed by atoms with Gasteiger partial charge in [-0.3, -0.25) is 9.11 Å². The average molecular weight is 457 g/mol. The highest BCUT2D eigenvalue weighted by molar-refractivity contribution is 7.86. The van der Waals surface area contributed by atoms with E-state index < -0.39 is 25.1 Å². The second-order valence-corrected chi connectivity index (χ2v) is 9.52. The minimum atomic E-state index is -4.58. The maximum Gasteiger partial charge on any atom is 0.295 e. The number of hydrogen-bond acceptors (Lipinski definition) is 5. The van der Waals surface area contributed by atoms with Crippen LogP contribution in [0.1, 0.15) is 25.0 Å². The number of benzene rings is 2. The lowest BCUT2D eigenvalue weighted by Gasteiger charge is -2.14. The standard InChI is InChI=1S/C18H20N2O6S3/c1-12(2)19-18(27)20-15-10-9-14(17(11-15)29(24,25)26)8-7-13-5-3-4-6-16(13)28(21,22)23/h3-12H,1-2H3,(H2,19,20,27)(H,21,22,23)(H,24,25,26). The fraction of sp³-hybridized carbons (Fsp3) is 0.167. The molecule has 0 fully saturated rings. The second kappa shape index (κ2) is 9.01. The predicted octanol–water partition coefficient (Wildman–Crippen LogP) is 3.05. The molecule has 4 N–H and O–H groups in total. The first-order valence-corrected chi connectivity index (χ1v) is 11.6. The lowest BCUT2D eigenvalue weighted by atomic mass is 10.1. The van der Waals surface area contributed by atoms with Gasteiger partial charge < -0.3 is 10.6 Å². The normalized spacial score (nSPS) is 12.3. The molecule has 0 unspecified atom stereocenters. The van der Waals surface area contributed by atoms with Crippen molar-refractivity contribution in [3.05, 3.63) is 53.6 Å². The number of thiocarbonyl (C=S) groups is 1. The van der Waals surface area contributed by atoms with E-state index in [1.807, 2.05) is 13.8 Å². The third-order valence-electron chi connectivity index (χ3n) is 3.61. The number of nitrogens with one attached hydrogen (secondary N) is 2. The SMILES string of the molecule is CC(C)NC(=S)Nc1ccc(C=Cc2ccccc2S(=O)(=O)O)c(S(=O)(=O)O)c1. The summed E-state index contributed by atoms with van der Waals surface area (Å²) < 4.78 is 65.5. The van der Waals surface area contributed by atoms with Gasteiger partial charge in [-0.2, -0.15) is 16.8 Å². The Balaban J connectivity index is 2.44. The highest BCUT2D eigenvalue weighted by atomic mass is 32.2. The second-order valence-electron chi connectivity index (χ2n) is 6.33. The molecule has 156 valence electrons. The largest absolute Gasteiger partial charge is 0.360 e. The van der Waals surface area contributed by atoms with Gasteiger partial charge in [0.05, 0.1) is 0 Å². The Bertz CT molecular complexity index is 1160. The van der Waals surface area contributed by atoms with Crippen LogP contribution in [0, 0.1) is 0 Å². The Morgan fingerprint density at radius 2 is 1.48 bits per heavy atom. The molecule has 0 heterocycles. The first-order chi connectivity index (χ1) is 13.4. The summed E-state index contributed by atoms with van der Waals surface area (Å²) in [6.07, 6.45) is 2.65. The van der Waals surface area contributed by atoms with Gasteiger partial charge in [-0.15, -0.1) is 0 Å². The molecule has 0 saturated heterocycles. The van der Waals surface area contributed by atoms with Gasteiger partial charge in [0.1, 0.15) is 9.79 Å². The van der Waals surface area contributed by atoms with E-state index in [4.69, 9.17) is 12.2 Å². The van der Waals surface area contributed by atoms with Crippen LogP contribution in [0.3, 0.4) is 0 Å². The zero-order chi connectivity index (χ0) is 21.8. The van der Waals surface area contributed by atoms with Crippen LogP contribution in [-0.4, -0.2) is 37.1 Å². The van der Waals surface area contributed by atoms with E-state index >= 15 is 0 Å². The fourth-order valence-corrected chi connectivity index (χ4v) is 4.18. The van der Waals surface area contributed by atoms with E-state index in [9.17, 15) is 25.9 Å². The molecule has 0 saturated carbocycles. The van der Waals surface area contributed by atoms with Gasteiger partial charge in [0, 0.05) is 11.7 Å². The van der Waals surface area contributed by atoms with Gasteiger partial charge in [0.25, 0.3) is 20.2 Å². The molecule has 0 aliphatic heterocycles. The Morgan fingerprint density at radius 3 is 2.03 bits per heavy atom. The summed E-state index contributed by atoms with van der Waals surface area (Å²) in [7, 11) is -9.04. The topological polar surface area (TPSA) is 133 Å². The van der Waals surface area contributed by atoms with Gasteiger partial charge in [-0.05, 0) is 55.4 Å². The van der Waals surface area contributed by atoms with E-state index in [0.29, 0.717) is 5.69 Å². The van der Waals surface area contributed by atoms with Crippen LogP contribution in [-0.2, 0) is 20.2 Å². The van der Waals surface area contributed by atoms with Crippen LogP contribution in [0.5, 0.6) is 0 Å². The molecule has 0 atom stereocenters. The maximum absolute atomic E-state index is 11.8. The summed E-state index contributed by atoms with van der Waals surface area (Å²) in [4.78, 5) is -0.719. The van der Waals surface area contributed by atoms with Crippen molar-refractivity contribution in [2.45, 2.75) is 29.7 Å². The van der Waals surface area contributed by atoms with Crippen molar-refractivity contribution < 1.29 is 25.9 Å². The van der Waals surface area contributed by atoms with Crippen molar-refractivity contribution in [2.24, 2.45) is 0 Å². The quantitative estimate of drug-likeness (QED) is 0.294. The maximum atomic E-state index is 11.8. The van der Waals surface area contributed by atoms with Gasteiger partial charge in [-0.25, -0.2) is 0 Å². The van der Waals surface area contributed by atoms with E-state index in [-0.39, 0.29) is 27.2 Å². The van der Waals surface area contributed by atoms with E-state index in [2.05, 4.69) is 10.6 Å². The van der Waals surface area contributed by atoms with E-state index in [0.717, 1.165) is 0 Å². The van der Waals surface area contributed by atoms with Crippen molar-refractivity contribution >= 4 is 55.4 Å². The molecule has 2 aromatic rings. The zero-order valence-corrected chi connectivity index (χ0v) is 18.0. The molecule has 0 aliphatic rings. The minimum absolute atomic E-state index is 0.0705. The van der Waals surface area contributed by atoms with Crippen LogP contribution < -0.4 is 10.6 Å². The minimum Gasteiger partial charge on any atom is -0.360 e. The van der Waals surface area contributed by atoms with E-state index in [1.54, 1.807) is 12.1 Å². The van der Waals surface area contributed by atoms with Crippen molar-refractivity contribution in [3.8, 4) is 0 Å². The lowest BCUT2D eigenvalue weighted by molar-refractivity contribution is 0.480. The Morgan fingerprint density at radius 1 is 0.931 bits per heavy atom. The molecule has 8 nitrogen and oxygen atoms in total. The Kier molecular flexibility index (Phi) is 7.14. The Hall–Kier alpha value is -2.31. The number of hydrogen-bond donors (Lipinski definition) is 4. The fourth-order valence-electron chi connectivity index (χ4n) is 2.44. The molecule has 0 aromatic heterocycles. The summed E-state index contributed by atoms with van der Waals surface area (Å²) in [5, 5.41) is 6.05. The summed E-state index contributed by atoms with van der Waals surface area (Å²) >= 11 is 5.12. The summed E-state index contributed by atoms with van der Waals surface area (Å²) in [6, 6.07) is 9.92. The van der Waals surface area contributed by atoms with Crippen LogP contribution in [0.15, 0.2) is 52.3 Å². The molecule has 29 heavy (non-hydrogen) atoms.